The molecule has 3 aromatic rings. The number of carbonyl (C=O) groups excluding carboxylic acids is 1. The van der Waals surface area contributed by atoms with Crippen molar-refractivity contribution in [3.8, 4) is 5.88 Å². The van der Waals surface area contributed by atoms with Gasteiger partial charge < -0.3 is 5.11 Å². The molecule has 1 aliphatic carbocycles. The van der Waals surface area contributed by atoms with E-state index >= 15 is 0 Å². The summed E-state index contributed by atoms with van der Waals surface area (Å²) in [7, 11) is 0. The van der Waals surface area contributed by atoms with Gasteiger partial charge in [0.1, 0.15) is 0 Å². The minimum Gasteiger partial charge on any atom is -0.493 e. The first-order chi connectivity index (χ1) is 15.6. The van der Waals surface area contributed by atoms with Crippen LogP contribution < -0.4 is 0 Å². The van der Waals surface area contributed by atoms with Crippen molar-refractivity contribution in [1.82, 2.24) is 9.47 Å². The molecule has 2 unspecified atom stereocenters. The summed E-state index contributed by atoms with van der Waals surface area (Å²) in [6.45, 7) is 8.71. The Kier molecular flexibility index (Phi) is 5.33. The number of nitrogens with zero attached hydrogens (tertiary/aromatic N) is 4. The standard InChI is InChI=1S/C26H29ClN4O2/c1-25(2)12-19-13-26(3,14-25)15-30(19)16-31-21-7-5-4-6-20(21)22(24(31)33)28-29-23(32)17-8-10-18(27)11-9-17/h4-11,19,33H,12-16H2,1-3H3. The number of likely N-dealkylation sites (tertiary alicyclic amines) is 1. The summed E-state index contributed by atoms with van der Waals surface area (Å²) in [4.78, 5) is 15.0. The van der Waals surface area contributed by atoms with E-state index in [2.05, 4.69) is 35.9 Å². The van der Waals surface area contributed by atoms with Crippen molar-refractivity contribution in [2.45, 2.75) is 52.7 Å². The lowest BCUT2D eigenvalue weighted by Gasteiger charge is -2.40. The molecule has 7 heteroatoms. The molecular formula is C26H29ClN4O2. The molecule has 2 fully saturated rings. The number of carbonyl (C=O) groups is 1. The predicted octanol–water partition coefficient (Wildman–Crippen LogP) is 6.78. The Balaban J connectivity index is 1.46. The second kappa shape index (κ2) is 7.96. The number of benzene rings is 2. The highest BCUT2D eigenvalue weighted by Crippen LogP contribution is 2.53. The van der Waals surface area contributed by atoms with Crippen LogP contribution in [0.5, 0.6) is 5.88 Å². The first kappa shape index (κ1) is 22.1. The number of aromatic nitrogens is 1. The fraction of sp³-hybridized carbons (Fsp3) is 0.423. The zero-order valence-electron chi connectivity index (χ0n) is 19.3. The van der Waals surface area contributed by atoms with E-state index in [1.807, 2.05) is 28.8 Å². The van der Waals surface area contributed by atoms with Gasteiger partial charge in [-0.15, -0.1) is 10.2 Å². The molecule has 1 saturated carbocycles. The van der Waals surface area contributed by atoms with Gasteiger partial charge in [0.2, 0.25) is 5.88 Å². The molecule has 1 saturated heterocycles. The molecule has 2 aliphatic rings. The van der Waals surface area contributed by atoms with E-state index in [0.717, 1.165) is 23.9 Å². The van der Waals surface area contributed by atoms with Crippen LogP contribution in [0.4, 0.5) is 5.69 Å². The summed E-state index contributed by atoms with van der Waals surface area (Å²) in [6.07, 6.45) is 3.57. The predicted molar refractivity (Wildman–Crippen MR) is 130 cm³/mol. The van der Waals surface area contributed by atoms with Crippen LogP contribution in [0.3, 0.4) is 0 Å². The first-order valence-corrected chi connectivity index (χ1v) is 11.8. The first-order valence-electron chi connectivity index (χ1n) is 11.4. The SMILES string of the molecule is CC1(C)CC2CC(C)(CN2Cn2c(O)c(N=NC(=O)c3ccc(Cl)cc3)c3ccccc32)C1. The van der Waals surface area contributed by atoms with E-state index in [0.29, 0.717) is 39.8 Å². The molecule has 2 bridgehead atoms. The molecule has 172 valence electrons. The molecule has 1 amide bonds. The number of azo groups is 1. The average Bonchev–Trinajstić information content (AvgIpc) is 3.15. The molecule has 5 rings (SSSR count). The largest absolute Gasteiger partial charge is 0.493 e. The molecule has 1 aliphatic heterocycles. The third kappa shape index (κ3) is 4.18. The highest BCUT2D eigenvalue weighted by atomic mass is 35.5. The average molecular weight is 465 g/mol. The maximum absolute atomic E-state index is 12.5. The number of hydrogen-bond donors (Lipinski definition) is 1. The van der Waals surface area contributed by atoms with E-state index in [1.165, 1.54) is 12.8 Å². The molecular weight excluding hydrogens is 436 g/mol. The van der Waals surface area contributed by atoms with E-state index in [4.69, 9.17) is 11.6 Å². The van der Waals surface area contributed by atoms with E-state index in [9.17, 15) is 9.90 Å². The van der Waals surface area contributed by atoms with Gasteiger partial charge in [-0.05, 0) is 60.4 Å². The second-order valence-electron chi connectivity index (χ2n) is 10.7. The minimum atomic E-state index is -0.480. The second-order valence-corrected chi connectivity index (χ2v) is 11.2. The van der Waals surface area contributed by atoms with Crippen molar-refractivity contribution in [3.63, 3.8) is 0 Å². The maximum Gasteiger partial charge on any atom is 0.295 e. The van der Waals surface area contributed by atoms with Crippen molar-refractivity contribution in [1.29, 1.82) is 0 Å². The van der Waals surface area contributed by atoms with Gasteiger partial charge in [0, 0.05) is 28.6 Å². The van der Waals surface area contributed by atoms with Gasteiger partial charge in [0.05, 0.1) is 12.2 Å². The van der Waals surface area contributed by atoms with Crippen molar-refractivity contribution in [2.24, 2.45) is 21.1 Å². The summed E-state index contributed by atoms with van der Waals surface area (Å²) in [6, 6.07) is 14.7. The van der Waals surface area contributed by atoms with Crippen LogP contribution in [0.15, 0.2) is 58.8 Å². The summed E-state index contributed by atoms with van der Waals surface area (Å²) >= 11 is 5.90. The number of rotatable bonds is 4. The Hall–Kier alpha value is -2.70. The third-order valence-electron chi connectivity index (χ3n) is 7.10. The smallest absolute Gasteiger partial charge is 0.295 e. The Morgan fingerprint density at radius 2 is 1.85 bits per heavy atom. The van der Waals surface area contributed by atoms with Crippen molar-refractivity contribution in [2.75, 3.05) is 6.54 Å². The number of para-hydroxylation sites is 1. The summed E-state index contributed by atoms with van der Waals surface area (Å²) in [5.74, 6) is -0.443. The molecule has 33 heavy (non-hydrogen) atoms. The van der Waals surface area contributed by atoms with Gasteiger partial charge in [-0.1, -0.05) is 50.6 Å². The van der Waals surface area contributed by atoms with Crippen LogP contribution in [0.2, 0.25) is 5.02 Å². The number of halogens is 1. The molecule has 2 aromatic carbocycles. The molecule has 2 atom stereocenters. The number of amides is 1. The summed E-state index contributed by atoms with van der Waals surface area (Å²) in [5.41, 5.74) is 2.23. The van der Waals surface area contributed by atoms with Gasteiger partial charge in [0.15, 0.2) is 5.69 Å². The molecule has 0 spiro atoms. The van der Waals surface area contributed by atoms with Crippen LogP contribution >= 0.6 is 11.6 Å². The van der Waals surface area contributed by atoms with Gasteiger partial charge >= 0.3 is 0 Å². The lowest BCUT2D eigenvalue weighted by atomic mass is 9.65. The van der Waals surface area contributed by atoms with E-state index in [-0.39, 0.29) is 5.88 Å². The quantitative estimate of drug-likeness (QED) is 0.432. The molecule has 1 N–H and O–H groups in total. The highest BCUT2D eigenvalue weighted by Gasteiger charge is 2.49. The fourth-order valence-corrected chi connectivity index (χ4v) is 6.31. The Bertz CT molecular complexity index is 1250. The van der Waals surface area contributed by atoms with E-state index in [1.54, 1.807) is 24.3 Å². The van der Waals surface area contributed by atoms with Gasteiger partial charge in [-0.25, -0.2) is 0 Å². The topological polar surface area (TPSA) is 70.2 Å². The van der Waals surface area contributed by atoms with Crippen LogP contribution in [-0.4, -0.2) is 33.1 Å². The monoisotopic (exact) mass is 464 g/mol. The van der Waals surface area contributed by atoms with Crippen LogP contribution in [0.1, 0.15) is 50.4 Å². The molecule has 0 radical (unpaired) electrons. The van der Waals surface area contributed by atoms with Gasteiger partial charge in [0.25, 0.3) is 5.91 Å². The van der Waals surface area contributed by atoms with Crippen molar-refractivity contribution < 1.29 is 9.90 Å². The lowest BCUT2D eigenvalue weighted by Crippen LogP contribution is -2.35. The number of hydrogen-bond acceptors (Lipinski definition) is 4. The number of fused-ring (bicyclic) bond motifs is 3. The fourth-order valence-electron chi connectivity index (χ4n) is 6.18. The summed E-state index contributed by atoms with van der Waals surface area (Å²) in [5, 5.41) is 20.6. The highest BCUT2D eigenvalue weighted by molar-refractivity contribution is 6.30. The third-order valence-corrected chi connectivity index (χ3v) is 7.35. The molecule has 1 aromatic heterocycles. The van der Waals surface area contributed by atoms with Crippen LogP contribution in [-0.2, 0) is 6.67 Å². The Morgan fingerprint density at radius 3 is 2.61 bits per heavy atom. The van der Waals surface area contributed by atoms with Gasteiger partial charge in [-0.3, -0.25) is 14.3 Å². The normalized spacial score (nSPS) is 24.7. The zero-order chi connectivity index (χ0) is 23.4. The molecule has 6 nitrogen and oxygen atoms in total. The maximum atomic E-state index is 12.5. The van der Waals surface area contributed by atoms with Crippen molar-refractivity contribution >= 4 is 34.1 Å². The van der Waals surface area contributed by atoms with Crippen LogP contribution in [0, 0.1) is 10.8 Å². The Labute approximate surface area is 198 Å². The zero-order valence-corrected chi connectivity index (χ0v) is 20.0. The Morgan fingerprint density at radius 1 is 1.12 bits per heavy atom. The van der Waals surface area contributed by atoms with E-state index < -0.39 is 5.91 Å². The molecule has 2 heterocycles. The summed E-state index contributed by atoms with van der Waals surface area (Å²) < 4.78 is 1.90. The van der Waals surface area contributed by atoms with Gasteiger partial charge in [-0.2, -0.15) is 0 Å². The van der Waals surface area contributed by atoms with Crippen molar-refractivity contribution in [3.05, 3.63) is 59.1 Å². The van der Waals surface area contributed by atoms with Crippen LogP contribution in [0.25, 0.3) is 10.9 Å². The lowest BCUT2D eigenvalue weighted by molar-refractivity contribution is 0.0995. The number of aromatic hydroxyl groups is 1. The minimum absolute atomic E-state index is 0.0368.